The van der Waals surface area contributed by atoms with Crippen LogP contribution in [0.2, 0.25) is 0 Å². The number of H-pyrrole nitrogens is 1. The highest BCUT2D eigenvalue weighted by atomic mass is 16.4. The van der Waals surface area contributed by atoms with Gasteiger partial charge in [0.1, 0.15) is 18.1 Å². The van der Waals surface area contributed by atoms with Crippen molar-refractivity contribution in [1.29, 1.82) is 0 Å². The minimum absolute atomic E-state index is 0.00139. The van der Waals surface area contributed by atoms with Gasteiger partial charge in [-0.3, -0.25) is 24.4 Å². The van der Waals surface area contributed by atoms with Crippen molar-refractivity contribution in [2.75, 3.05) is 19.6 Å². The van der Waals surface area contributed by atoms with Crippen LogP contribution in [0.5, 0.6) is 0 Å². The van der Waals surface area contributed by atoms with Gasteiger partial charge in [0, 0.05) is 36.6 Å². The third kappa shape index (κ3) is 13.0. The van der Waals surface area contributed by atoms with E-state index in [4.69, 9.17) is 34.4 Å². The molecule has 2 aromatic rings. The van der Waals surface area contributed by atoms with Crippen LogP contribution in [0, 0.1) is 0 Å². The molecule has 254 valence electrons. The molecule has 0 saturated heterocycles. The molecule has 0 aliphatic rings. The van der Waals surface area contributed by atoms with Crippen LogP contribution >= 0.6 is 0 Å². The molecule has 0 aliphatic heterocycles. The fourth-order valence-electron chi connectivity index (χ4n) is 4.73. The number of nitrogens with one attached hydrogen (secondary N) is 4. The van der Waals surface area contributed by atoms with Gasteiger partial charge in [0.25, 0.3) is 0 Å². The minimum Gasteiger partial charge on any atom is -0.480 e. The summed E-state index contributed by atoms with van der Waals surface area (Å²) in [7, 11) is 0. The molecule has 2 rings (SSSR count). The van der Waals surface area contributed by atoms with Crippen LogP contribution < -0.4 is 50.4 Å². The lowest BCUT2D eigenvalue weighted by atomic mass is 10.0. The number of carboxylic acids is 1. The largest absolute Gasteiger partial charge is 0.480 e. The maximum absolute atomic E-state index is 13.5. The molecule has 1 heterocycles. The first kappa shape index (κ1) is 37.3. The second-order valence-corrected chi connectivity index (χ2v) is 10.9. The molecule has 1 aromatic heterocycles. The van der Waals surface area contributed by atoms with Crippen molar-refractivity contribution in [2.45, 2.75) is 75.5 Å². The van der Waals surface area contributed by atoms with Gasteiger partial charge in [-0.25, -0.2) is 4.79 Å². The van der Waals surface area contributed by atoms with Crippen LogP contribution in [-0.2, 0) is 25.6 Å². The smallest absolute Gasteiger partial charge is 0.326 e. The number of aliphatic carboxylic acids is 1. The van der Waals surface area contributed by atoms with Gasteiger partial charge in [0.05, 0.1) is 6.04 Å². The Kier molecular flexibility index (Phi) is 15.8. The molecule has 0 saturated carbocycles. The summed E-state index contributed by atoms with van der Waals surface area (Å²) in [5.74, 6) is -3.36. The number of guanidine groups is 2. The normalized spacial score (nSPS) is 13.5. The van der Waals surface area contributed by atoms with Crippen molar-refractivity contribution in [1.82, 2.24) is 20.9 Å². The van der Waals surface area contributed by atoms with Gasteiger partial charge in [-0.2, -0.15) is 0 Å². The Morgan fingerprint density at radius 2 is 1.30 bits per heavy atom. The van der Waals surface area contributed by atoms with Crippen molar-refractivity contribution in [3.8, 4) is 0 Å². The Bertz CT molecular complexity index is 1350. The van der Waals surface area contributed by atoms with E-state index in [1.165, 1.54) is 0 Å². The number of aromatic nitrogens is 1. The number of nitrogens with zero attached hydrogens (tertiary/aromatic N) is 2. The molecule has 1 aromatic carbocycles. The molecule has 4 atom stereocenters. The highest BCUT2D eigenvalue weighted by molar-refractivity contribution is 5.94. The highest BCUT2D eigenvalue weighted by Gasteiger charge is 2.30. The zero-order valence-electron chi connectivity index (χ0n) is 25.9. The lowest BCUT2D eigenvalue weighted by Crippen LogP contribution is -2.57. The standard InChI is InChI=1S/C29H48N12O5/c30-12-4-3-10-21(39-24(42)19(31)8-5-13-36-28(32)33)25(43)40-22(11-6-14-37-29(34)35)26(44)41-23(27(45)46)15-17-16-38-20-9-2-1-7-18(17)20/h1-2,7,9,16,19,21-23,38H,3-6,8,10-15,30-31H2,(H,39,42)(H,40,43)(H,41,44)(H,45,46)(H4,32,33,36)(H4,34,35,37). The number of para-hydroxylation sites is 1. The van der Waals surface area contributed by atoms with Crippen molar-refractivity contribution >= 4 is 46.5 Å². The summed E-state index contributed by atoms with van der Waals surface area (Å²) < 4.78 is 0. The zero-order valence-corrected chi connectivity index (χ0v) is 25.9. The minimum atomic E-state index is -1.29. The SMILES string of the molecule is NCCCCC(NC(=O)C(N)CCCN=C(N)N)C(=O)NC(CCCN=C(N)N)C(=O)NC(Cc1c[nH]c2ccccc12)C(=O)O. The van der Waals surface area contributed by atoms with E-state index in [9.17, 15) is 24.3 Å². The van der Waals surface area contributed by atoms with Crippen molar-refractivity contribution in [2.24, 2.45) is 44.4 Å². The predicted octanol–water partition coefficient (Wildman–Crippen LogP) is -2.19. The lowest BCUT2D eigenvalue weighted by molar-refractivity contribution is -0.142. The maximum Gasteiger partial charge on any atom is 0.326 e. The average Bonchev–Trinajstić information content (AvgIpc) is 3.42. The first-order chi connectivity index (χ1) is 21.9. The Morgan fingerprint density at radius 1 is 0.761 bits per heavy atom. The zero-order chi connectivity index (χ0) is 34.1. The number of fused-ring (bicyclic) bond motifs is 1. The quantitative estimate of drug-likeness (QED) is 0.0394. The van der Waals surface area contributed by atoms with Crippen LogP contribution in [0.1, 0.15) is 50.5 Å². The first-order valence-electron chi connectivity index (χ1n) is 15.2. The van der Waals surface area contributed by atoms with Gasteiger partial charge >= 0.3 is 5.97 Å². The number of aromatic amines is 1. The van der Waals surface area contributed by atoms with E-state index in [-0.39, 0.29) is 50.7 Å². The van der Waals surface area contributed by atoms with Gasteiger partial charge in [-0.1, -0.05) is 18.2 Å². The predicted molar refractivity (Wildman–Crippen MR) is 176 cm³/mol. The third-order valence-electron chi connectivity index (χ3n) is 7.18. The van der Waals surface area contributed by atoms with Gasteiger partial charge in [0.2, 0.25) is 17.7 Å². The van der Waals surface area contributed by atoms with E-state index in [1.54, 1.807) is 6.20 Å². The fourth-order valence-corrected chi connectivity index (χ4v) is 4.73. The Balaban J connectivity index is 2.19. The van der Waals surface area contributed by atoms with E-state index in [0.717, 1.165) is 10.9 Å². The number of benzene rings is 1. The van der Waals surface area contributed by atoms with Crippen LogP contribution in [0.4, 0.5) is 0 Å². The molecule has 4 unspecified atom stereocenters. The number of rotatable bonds is 21. The molecule has 0 spiro atoms. The fraction of sp³-hybridized carbons (Fsp3) is 0.517. The molecule has 17 N–H and O–H groups in total. The van der Waals surface area contributed by atoms with E-state index >= 15 is 0 Å². The van der Waals surface area contributed by atoms with E-state index in [0.29, 0.717) is 37.8 Å². The van der Waals surface area contributed by atoms with Crippen LogP contribution in [0.3, 0.4) is 0 Å². The summed E-state index contributed by atoms with van der Waals surface area (Å²) in [5.41, 5.74) is 34.6. The topological polar surface area (TPSA) is 321 Å². The molecule has 0 radical (unpaired) electrons. The summed E-state index contributed by atoms with van der Waals surface area (Å²) in [6.07, 6.45) is 4.13. The number of carbonyl (C=O) groups excluding carboxylic acids is 3. The first-order valence-corrected chi connectivity index (χ1v) is 15.2. The van der Waals surface area contributed by atoms with Gasteiger partial charge in [-0.15, -0.1) is 0 Å². The highest BCUT2D eigenvalue weighted by Crippen LogP contribution is 2.19. The summed E-state index contributed by atoms with van der Waals surface area (Å²) in [5, 5.41) is 18.7. The van der Waals surface area contributed by atoms with Gasteiger partial charge in [0.15, 0.2) is 11.9 Å². The van der Waals surface area contributed by atoms with E-state index in [2.05, 4.69) is 30.9 Å². The molecule has 3 amide bonds. The van der Waals surface area contributed by atoms with Crippen molar-refractivity contribution < 1.29 is 24.3 Å². The lowest BCUT2D eigenvalue weighted by Gasteiger charge is -2.25. The number of carbonyl (C=O) groups is 4. The summed E-state index contributed by atoms with van der Waals surface area (Å²) in [6.45, 7) is 0.846. The second kappa shape index (κ2) is 19.5. The number of aliphatic imine (C=N–C) groups is 2. The van der Waals surface area contributed by atoms with Crippen LogP contribution in [0.15, 0.2) is 40.4 Å². The molecule has 17 nitrogen and oxygen atoms in total. The molecule has 17 heteroatoms. The molecular formula is C29H48N12O5. The molecular weight excluding hydrogens is 596 g/mol. The van der Waals surface area contributed by atoms with Gasteiger partial charge < -0.3 is 60.4 Å². The number of nitrogens with two attached hydrogens (primary N) is 6. The molecule has 0 aliphatic carbocycles. The summed E-state index contributed by atoms with van der Waals surface area (Å²) >= 11 is 0. The van der Waals surface area contributed by atoms with E-state index < -0.39 is 47.9 Å². The molecule has 0 bridgehead atoms. The Hall–Kier alpha value is -4.90. The molecule has 0 fully saturated rings. The van der Waals surface area contributed by atoms with Crippen molar-refractivity contribution in [3.05, 3.63) is 36.0 Å². The Morgan fingerprint density at radius 3 is 1.89 bits per heavy atom. The van der Waals surface area contributed by atoms with Crippen LogP contribution in [0.25, 0.3) is 10.9 Å². The second-order valence-electron chi connectivity index (χ2n) is 10.9. The third-order valence-corrected chi connectivity index (χ3v) is 7.18. The van der Waals surface area contributed by atoms with Crippen molar-refractivity contribution in [3.63, 3.8) is 0 Å². The van der Waals surface area contributed by atoms with Crippen LogP contribution in [-0.4, -0.2) is 89.5 Å². The Labute approximate surface area is 267 Å². The number of amides is 3. The summed E-state index contributed by atoms with van der Waals surface area (Å²) in [6, 6.07) is 2.98. The maximum atomic E-state index is 13.5. The number of hydrogen-bond acceptors (Lipinski definition) is 8. The number of unbranched alkanes of at least 4 members (excludes halogenated alkanes) is 1. The number of carboxylic acid groups (broad SMARTS) is 1. The summed E-state index contributed by atoms with van der Waals surface area (Å²) in [4.78, 5) is 62.9. The number of hydrogen-bond donors (Lipinski definition) is 11. The van der Waals surface area contributed by atoms with E-state index in [1.807, 2.05) is 24.3 Å². The average molecular weight is 645 g/mol. The molecule has 46 heavy (non-hydrogen) atoms. The van der Waals surface area contributed by atoms with Gasteiger partial charge in [-0.05, 0) is 63.1 Å². The monoisotopic (exact) mass is 644 g/mol.